The van der Waals surface area contributed by atoms with Crippen molar-refractivity contribution in [3.63, 3.8) is 0 Å². The predicted molar refractivity (Wildman–Crippen MR) is 115 cm³/mol. The zero-order valence-corrected chi connectivity index (χ0v) is 16.9. The predicted octanol–water partition coefficient (Wildman–Crippen LogP) is 7.62. The molecule has 0 fully saturated rings. The Hall–Kier alpha value is -2.34. The lowest BCUT2D eigenvalue weighted by molar-refractivity contribution is 0.590. The molecule has 0 heterocycles. The standard InChI is InChI=1S/C26H30/c1-25(2,3)22-11-9-10-21(18-22)19-14-16-20(17-15-19)23-12-7-8-13-24(23)26(4,5)6/h7-18H,1-6H3. The topological polar surface area (TPSA) is 0 Å². The molecule has 0 aliphatic carbocycles. The Kier molecular flexibility index (Phi) is 4.80. The van der Waals surface area contributed by atoms with Crippen LogP contribution in [-0.4, -0.2) is 0 Å². The van der Waals surface area contributed by atoms with E-state index < -0.39 is 0 Å². The molecule has 3 rings (SSSR count). The van der Waals surface area contributed by atoms with Gasteiger partial charge >= 0.3 is 0 Å². The van der Waals surface area contributed by atoms with Crippen LogP contribution in [0.15, 0.2) is 72.8 Å². The van der Waals surface area contributed by atoms with E-state index in [4.69, 9.17) is 0 Å². The van der Waals surface area contributed by atoms with Crippen LogP contribution >= 0.6 is 0 Å². The van der Waals surface area contributed by atoms with Crippen molar-refractivity contribution in [2.75, 3.05) is 0 Å². The first-order chi connectivity index (χ1) is 12.2. The fourth-order valence-electron chi connectivity index (χ4n) is 3.40. The summed E-state index contributed by atoms with van der Waals surface area (Å²) >= 11 is 0. The zero-order valence-electron chi connectivity index (χ0n) is 16.9. The summed E-state index contributed by atoms with van der Waals surface area (Å²) in [6.07, 6.45) is 0. The molecule has 0 atom stereocenters. The molecule has 3 aromatic carbocycles. The van der Waals surface area contributed by atoms with Gasteiger partial charge in [-0.2, -0.15) is 0 Å². The highest BCUT2D eigenvalue weighted by Crippen LogP contribution is 2.34. The lowest BCUT2D eigenvalue weighted by Gasteiger charge is -2.23. The number of rotatable bonds is 2. The van der Waals surface area contributed by atoms with Crippen molar-refractivity contribution in [3.8, 4) is 22.3 Å². The average molecular weight is 343 g/mol. The quantitative estimate of drug-likeness (QED) is 0.449. The Morgan fingerprint density at radius 2 is 1.12 bits per heavy atom. The van der Waals surface area contributed by atoms with E-state index in [-0.39, 0.29) is 10.8 Å². The van der Waals surface area contributed by atoms with E-state index >= 15 is 0 Å². The number of hydrogen-bond acceptors (Lipinski definition) is 0. The molecule has 0 radical (unpaired) electrons. The third-order valence-corrected chi connectivity index (χ3v) is 4.99. The van der Waals surface area contributed by atoms with Gasteiger partial charge in [0.05, 0.1) is 0 Å². The molecule has 0 aliphatic heterocycles. The van der Waals surface area contributed by atoms with E-state index in [2.05, 4.69) is 114 Å². The summed E-state index contributed by atoms with van der Waals surface area (Å²) in [5, 5.41) is 0. The van der Waals surface area contributed by atoms with Gasteiger partial charge in [-0.05, 0) is 44.2 Å². The highest BCUT2D eigenvalue weighted by molar-refractivity contribution is 5.73. The van der Waals surface area contributed by atoms with E-state index in [1.54, 1.807) is 0 Å². The summed E-state index contributed by atoms with van der Waals surface area (Å²) in [4.78, 5) is 0. The molecule has 0 aliphatic rings. The highest BCUT2D eigenvalue weighted by Gasteiger charge is 2.18. The molecule has 0 aromatic heterocycles. The van der Waals surface area contributed by atoms with Gasteiger partial charge in [-0.3, -0.25) is 0 Å². The molecule has 0 heteroatoms. The third-order valence-electron chi connectivity index (χ3n) is 4.99. The molecule has 0 saturated heterocycles. The van der Waals surface area contributed by atoms with Crippen LogP contribution in [0.5, 0.6) is 0 Å². The van der Waals surface area contributed by atoms with Crippen LogP contribution in [-0.2, 0) is 10.8 Å². The van der Waals surface area contributed by atoms with Crippen LogP contribution in [0, 0.1) is 0 Å². The van der Waals surface area contributed by atoms with Crippen molar-refractivity contribution in [2.45, 2.75) is 52.4 Å². The Balaban J connectivity index is 1.99. The van der Waals surface area contributed by atoms with Crippen LogP contribution in [0.4, 0.5) is 0 Å². The summed E-state index contributed by atoms with van der Waals surface area (Å²) in [5.41, 5.74) is 8.24. The van der Waals surface area contributed by atoms with E-state index in [9.17, 15) is 0 Å². The van der Waals surface area contributed by atoms with Crippen LogP contribution in [0.2, 0.25) is 0 Å². The SMILES string of the molecule is CC(C)(C)c1cccc(-c2ccc(-c3ccccc3C(C)(C)C)cc2)c1. The summed E-state index contributed by atoms with van der Waals surface area (Å²) < 4.78 is 0. The first-order valence-electron chi connectivity index (χ1n) is 9.47. The van der Waals surface area contributed by atoms with Crippen LogP contribution < -0.4 is 0 Å². The summed E-state index contributed by atoms with van der Waals surface area (Å²) in [6, 6.07) is 26.6. The molecular weight excluding hydrogens is 312 g/mol. The first-order valence-corrected chi connectivity index (χ1v) is 9.47. The Morgan fingerprint density at radius 1 is 0.500 bits per heavy atom. The maximum atomic E-state index is 2.32. The van der Waals surface area contributed by atoms with Gasteiger partial charge in [0, 0.05) is 0 Å². The van der Waals surface area contributed by atoms with Crippen molar-refractivity contribution in [1.82, 2.24) is 0 Å². The highest BCUT2D eigenvalue weighted by atomic mass is 14.2. The third kappa shape index (κ3) is 3.90. The van der Waals surface area contributed by atoms with E-state index in [1.165, 1.54) is 33.4 Å². The molecule has 3 aromatic rings. The molecule has 0 amide bonds. The maximum absolute atomic E-state index is 2.32. The van der Waals surface area contributed by atoms with Crippen molar-refractivity contribution in [3.05, 3.63) is 83.9 Å². The summed E-state index contributed by atoms with van der Waals surface area (Å²) in [5.74, 6) is 0. The maximum Gasteiger partial charge on any atom is -0.0126 e. The smallest absolute Gasteiger partial charge is 0.0126 e. The second-order valence-electron chi connectivity index (χ2n) is 9.20. The number of hydrogen-bond donors (Lipinski definition) is 0. The van der Waals surface area contributed by atoms with Crippen molar-refractivity contribution in [2.24, 2.45) is 0 Å². The zero-order chi connectivity index (χ0) is 18.9. The first kappa shape index (κ1) is 18.5. The van der Waals surface area contributed by atoms with Gasteiger partial charge in [0.1, 0.15) is 0 Å². The lowest BCUT2D eigenvalue weighted by atomic mass is 9.81. The lowest BCUT2D eigenvalue weighted by Crippen LogP contribution is -2.12. The molecule has 0 N–H and O–H groups in total. The second kappa shape index (κ2) is 6.76. The Morgan fingerprint density at radius 3 is 1.73 bits per heavy atom. The summed E-state index contributed by atoms with van der Waals surface area (Å²) in [6.45, 7) is 13.6. The summed E-state index contributed by atoms with van der Waals surface area (Å²) in [7, 11) is 0. The molecular formula is C26H30. The van der Waals surface area contributed by atoms with Gasteiger partial charge in [0.2, 0.25) is 0 Å². The fraction of sp³-hybridized carbons (Fsp3) is 0.308. The number of benzene rings is 3. The van der Waals surface area contributed by atoms with Crippen molar-refractivity contribution < 1.29 is 0 Å². The van der Waals surface area contributed by atoms with E-state index in [0.29, 0.717) is 0 Å². The monoisotopic (exact) mass is 342 g/mol. The van der Waals surface area contributed by atoms with E-state index in [0.717, 1.165) is 0 Å². The minimum Gasteiger partial charge on any atom is -0.0619 e. The van der Waals surface area contributed by atoms with Gasteiger partial charge < -0.3 is 0 Å². The molecule has 134 valence electrons. The second-order valence-corrected chi connectivity index (χ2v) is 9.20. The molecule has 0 spiro atoms. The molecule has 0 unspecified atom stereocenters. The van der Waals surface area contributed by atoms with E-state index in [1.807, 2.05) is 0 Å². The Bertz CT molecular complexity index is 884. The average Bonchev–Trinajstić information content (AvgIpc) is 2.61. The molecule has 0 nitrogen and oxygen atoms in total. The van der Waals surface area contributed by atoms with Crippen LogP contribution in [0.25, 0.3) is 22.3 Å². The molecule has 0 saturated carbocycles. The van der Waals surface area contributed by atoms with Crippen molar-refractivity contribution in [1.29, 1.82) is 0 Å². The molecule has 0 bridgehead atoms. The van der Waals surface area contributed by atoms with Gasteiger partial charge in [-0.15, -0.1) is 0 Å². The largest absolute Gasteiger partial charge is 0.0619 e. The normalized spacial score (nSPS) is 12.2. The van der Waals surface area contributed by atoms with Crippen molar-refractivity contribution >= 4 is 0 Å². The minimum atomic E-state index is 0.135. The van der Waals surface area contributed by atoms with Gasteiger partial charge in [0.15, 0.2) is 0 Å². The van der Waals surface area contributed by atoms with Gasteiger partial charge in [-0.25, -0.2) is 0 Å². The van der Waals surface area contributed by atoms with Crippen LogP contribution in [0.1, 0.15) is 52.7 Å². The minimum absolute atomic E-state index is 0.135. The van der Waals surface area contributed by atoms with Gasteiger partial charge in [0.25, 0.3) is 0 Å². The van der Waals surface area contributed by atoms with Crippen LogP contribution in [0.3, 0.4) is 0 Å². The van der Waals surface area contributed by atoms with Gasteiger partial charge in [-0.1, -0.05) is 114 Å². The molecule has 26 heavy (non-hydrogen) atoms. The fourth-order valence-corrected chi connectivity index (χ4v) is 3.40. The Labute approximate surface area is 158 Å².